The molecule has 0 atom stereocenters. The number of aryl methyl sites for hydroxylation is 2. The Labute approximate surface area is 152 Å². The zero-order chi connectivity index (χ0) is 18.0. The van der Waals surface area contributed by atoms with E-state index in [0.29, 0.717) is 15.5 Å². The van der Waals surface area contributed by atoms with Crippen LogP contribution in [0.15, 0.2) is 29.2 Å². The van der Waals surface area contributed by atoms with Gasteiger partial charge in [-0.1, -0.05) is 19.8 Å². The van der Waals surface area contributed by atoms with Crippen LogP contribution in [0.5, 0.6) is 0 Å². The summed E-state index contributed by atoms with van der Waals surface area (Å²) in [6.07, 6.45) is 4.24. The fourth-order valence-electron chi connectivity index (χ4n) is 3.12. The van der Waals surface area contributed by atoms with E-state index in [0.717, 1.165) is 42.8 Å². The molecule has 1 aromatic carbocycles. The number of carbonyl (C=O) groups excluding carboxylic acids is 1. The maximum absolute atomic E-state index is 12.6. The molecule has 2 aromatic rings. The van der Waals surface area contributed by atoms with Crippen molar-refractivity contribution in [1.29, 1.82) is 0 Å². The molecular formula is C18H22N2O3S2. The second-order valence-electron chi connectivity index (χ2n) is 6.31. The quantitative estimate of drug-likeness (QED) is 0.854. The fraction of sp³-hybridized carbons (Fsp3) is 0.444. The van der Waals surface area contributed by atoms with Crippen LogP contribution in [0.2, 0.25) is 0 Å². The number of hydrogen-bond acceptors (Lipinski definition) is 5. The number of nitrogens with one attached hydrogen (secondary N) is 1. The first-order valence-electron chi connectivity index (χ1n) is 8.53. The van der Waals surface area contributed by atoms with E-state index in [9.17, 15) is 13.2 Å². The van der Waals surface area contributed by atoms with Gasteiger partial charge < -0.3 is 5.32 Å². The van der Waals surface area contributed by atoms with Crippen LogP contribution in [0.1, 0.15) is 53.0 Å². The van der Waals surface area contributed by atoms with Gasteiger partial charge in [-0.2, -0.15) is 0 Å². The van der Waals surface area contributed by atoms with Gasteiger partial charge in [0.1, 0.15) is 4.88 Å². The monoisotopic (exact) mass is 378 g/mol. The molecule has 1 aliphatic carbocycles. The molecule has 1 amide bonds. The SMILES string of the molecule is CCc1nc(C)c(C(=O)Nc2ccc(S(=O)(=O)C3CCCC3)cc2)s1. The number of thiazole rings is 1. The van der Waals surface area contributed by atoms with Crippen LogP contribution in [0.25, 0.3) is 0 Å². The Bertz CT molecular complexity index is 864. The van der Waals surface area contributed by atoms with Gasteiger partial charge >= 0.3 is 0 Å². The molecule has 0 spiro atoms. The van der Waals surface area contributed by atoms with Crippen LogP contribution in [0, 0.1) is 6.92 Å². The fourth-order valence-corrected chi connectivity index (χ4v) is 5.87. The van der Waals surface area contributed by atoms with E-state index in [2.05, 4.69) is 10.3 Å². The maximum atomic E-state index is 12.6. The number of nitrogens with zero attached hydrogens (tertiary/aromatic N) is 1. The van der Waals surface area contributed by atoms with E-state index in [4.69, 9.17) is 0 Å². The Hall–Kier alpha value is -1.73. The summed E-state index contributed by atoms with van der Waals surface area (Å²) in [6, 6.07) is 6.47. The molecule has 0 saturated heterocycles. The van der Waals surface area contributed by atoms with E-state index >= 15 is 0 Å². The molecule has 1 aromatic heterocycles. The van der Waals surface area contributed by atoms with Crippen LogP contribution in [-0.4, -0.2) is 24.6 Å². The number of amides is 1. The lowest BCUT2D eigenvalue weighted by atomic mass is 10.3. The molecule has 0 radical (unpaired) electrons. The predicted molar refractivity (Wildman–Crippen MR) is 100 cm³/mol. The van der Waals surface area contributed by atoms with Crippen molar-refractivity contribution in [3.05, 3.63) is 39.8 Å². The first-order valence-corrected chi connectivity index (χ1v) is 10.9. The van der Waals surface area contributed by atoms with Crippen molar-refractivity contribution in [3.63, 3.8) is 0 Å². The van der Waals surface area contributed by atoms with Gasteiger partial charge in [-0.15, -0.1) is 11.3 Å². The number of benzene rings is 1. The zero-order valence-electron chi connectivity index (χ0n) is 14.4. The van der Waals surface area contributed by atoms with Crippen LogP contribution in [0.4, 0.5) is 5.69 Å². The van der Waals surface area contributed by atoms with Crippen molar-refractivity contribution < 1.29 is 13.2 Å². The lowest BCUT2D eigenvalue weighted by Crippen LogP contribution is -2.18. The second kappa shape index (κ2) is 7.25. The zero-order valence-corrected chi connectivity index (χ0v) is 16.0. The Morgan fingerprint density at radius 2 is 1.88 bits per heavy atom. The highest BCUT2D eigenvalue weighted by molar-refractivity contribution is 7.92. The minimum Gasteiger partial charge on any atom is -0.321 e. The summed E-state index contributed by atoms with van der Waals surface area (Å²) in [4.78, 5) is 17.7. The summed E-state index contributed by atoms with van der Waals surface area (Å²) in [5, 5.41) is 3.49. The maximum Gasteiger partial charge on any atom is 0.267 e. The van der Waals surface area contributed by atoms with Crippen molar-refractivity contribution in [2.75, 3.05) is 5.32 Å². The summed E-state index contributed by atoms with van der Waals surface area (Å²) in [5.41, 5.74) is 1.31. The van der Waals surface area contributed by atoms with Gasteiger partial charge in [-0.05, 0) is 50.5 Å². The minimum absolute atomic E-state index is 0.207. The van der Waals surface area contributed by atoms with Gasteiger partial charge in [0.15, 0.2) is 9.84 Å². The highest BCUT2D eigenvalue weighted by Gasteiger charge is 2.30. The largest absolute Gasteiger partial charge is 0.321 e. The van der Waals surface area contributed by atoms with Crippen molar-refractivity contribution in [3.8, 4) is 0 Å². The van der Waals surface area contributed by atoms with Crippen molar-refractivity contribution in [1.82, 2.24) is 4.98 Å². The molecule has 0 bridgehead atoms. The third kappa shape index (κ3) is 3.77. The topological polar surface area (TPSA) is 76.1 Å². The van der Waals surface area contributed by atoms with Crippen LogP contribution in [-0.2, 0) is 16.3 Å². The number of carbonyl (C=O) groups is 1. The summed E-state index contributed by atoms with van der Waals surface area (Å²) >= 11 is 1.39. The average Bonchev–Trinajstić information content (AvgIpc) is 3.25. The number of hydrogen-bond donors (Lipinski definition) is 1. The van der Waals surface area contributed by atoms with E-state index in [1.165, 1.54) is 11.3 Å². The van der Waals surface area contributed by atoms with Crippen LogP contribution >= 0.6 is 11.3 Å². The molecule has 1 N–H and O–H groups in total. The molecular weight excluding hydrogens is 356 g/mol. The highest BCUT2D eigenvalue weighted by atomic mass is 32.2. The summed E-state index contributed by atoms with van der Waals surface area (Å²) in [6.45, 7) is 3.82. The molecule has 1 saturated carbocycles. The Balaban J connectivity index is 1.74. The first kappa shape index (κ1) is 18.1. The molecule has 1 heterocycles. The number of sulfone groups is 1. The van der Waals surface area contributed by atoms with Crippen molar-refractivity contribution in [2.45, 2.75) is 56.1 Å². The van der Waals surface area contributed by atoms with Crippen molar-refractivity contribution >= 4 is 32.8 Å². The van der Waals surface area contributed by atoms with Gasteiger partial charge in [0.2, 0.25) is 0 Å². The lowest BCUT2D eigenvalue weighted by Gasteiger charge is -2.12. The van der Waals surface area contributed by atoms with E-state index in [-0.39, 0.29) is 11.2 Å². The third-order valence-corrected chi connectivity index (χ3v) is 8.11. The summed E-state index contributed by atoms with van der Waals surface area (Å²) in [5.74, 6) is -0.207. The lowest BCUT2D eigenvalue weighted by molar-refractivity contribution is 0.103. The molecule has 0 aliphatic heterocycles. The van der Waals surface area contributed by atoms with Crippen molar-refractivity contribution in [2.24, 2.45) is 0 Å². The van der Waals surface area contributed by atoms with Gasteiger partial charge in [0.25, 0.3) is 5.91 Å². The van der Waals surface area contributed by atoms with E-state index < -0.39 is 9.84 Å². The Kier molecular flexibility index (Phi) is 5.24. The molecule has 5 nitrogen and oxygen atoms in total. The number of anilines is 1. The molecule has 7 heteroatoms. The van der Waals surface area contributed by atoms with E-state index in [1.807, 2.05) is 13.8 Å². The number of rotatable bonds is 5. The number of aromatic nitrogens is 1. The standard InChI is InChI=1S/C18H22N2O3S2/c1-3-16-19-12(2)17(24-16)18(21)20-13-8-10-15(11-9-13)25(22,23)14-6-4-5-7-14/h8-11,14H,3-7H2,1-2H3,(H,20,21). The Morgan fingerprint density at radius 1 is 1.24 bits per heavy atom. The van der Waals surface area contributed by atoms with Gasteiger partial charge in [0.05, 0.1) is 20.8 Å². The highest BCUT2D eigenvalue weighted by Crippen LogP contribution is 2.30. The van der Waals surface area contributed by atoms with Gasteiger partial charge in [0, 0.05) is 5.69 Å². The predicted octanol–water partition coefficient (Wildman–Crippen LogP) is 3.98. The summed E-state index contributed by atoms with van der Waals surface area (Å²) < 4.78 is 25.2. The smallest absolute Gasteiger partial charge is 0.267 e. The normalized spacial score (nSPS) is 15.4. The average molecular weight is 379 g/mol. The third-order valence-electron chi connectivity index (χ3n) is 4.53. The van der Waals surface area contributed by atoms with Crippen LogP contribution < -0.4 is 5.32 Å². The van der Waals surface area contributed by atoms with Crippen LogP contribution in [0.3, 0.4) is 0 Å². The molecule has 1 aliphatic rings. The first-order chi connectivity index (χ1) is 11.9. The van der Waals surface area contributed by atoms with Gasteiger partial charge in [-0.25, -0.2) is 13.4 Å². The molecule has 25 heavy (non-hydrogen) atoms. The Morgan fingerprint density at radius 3 is 2.44 bits per heavy atom. The molecule has 134 valence electrons. The van der Waals surface area contributed by atoms with E-state index in [1.54, 1.807) is 24.3 Å². The summed E-state index contributed by atoms with van der Waals surface area (Å²) in [7, 11) is -3.26. The van der Waals surface area contributed by atoms with Gasteiger partial charge in [-0.3, -0.25) is 4.79 Å². The molecule has 0 unspecified atom stereocenters. The minimum atomic E-state index is -3.26. The second-order valence-corrected chi connectivity index (χ2v) is 9.62. The molecule has 3 rings (SSSR count). The molecule has 1 fully saturated rings.